The van der Waals surface area contributed by atoms with Crippen molar-refractivity contribution in [2.45, 2.75) is 6.54 Å². The molecule has 1 aromatic rings. The SMILES string of the molecule is CN(C)C(=O)CNC(=NCc1ccc(F)cc1)NCCN1CCOCC1. The van der Waals surface area contributed by atoms with Crippen molar-refractivity contribution < 1.29 is 13.9 Å². The molecule has 0 spiro atoms. The van der Waals surface area contributed by atoms with E-state index in [-0.39, 0.29) is 18.3 Å². The van der Waals surface area contributed by atoms with Gasteiger partial charge in [-0.15, -0.1) is 0 Å². The topological polar surface area (TPSA) is 69.2 Å². The van der Waals surface area contributed by atoms with E-state index in [4.69, 9.17) is 4.74 Å². The van der Waals surface area contributed by atoms with Crippen LogP contribution in [0.15, 0.2) is 29.3 Å². The Hall–Kier alpha value is -2.19. The first-order chi connectivity index (χ1) is 12.5. The average molecular weight is 365 g/mol. The fourth-order valence-corrected chi connectivity index (χ4v) is 2.41. The van der Waals surface area contributed by atoms with Crippen molar-refractivity contribution in [2.24, 2.45) is 4.99 Å². The van der Waals surface area contributed by atoms with Crippen molar-refractivity contribution >= 4 is 11.9 Å². The van der Waals surface area contributed by atoms with Gasteiger partial charge in [0.1, 0.15) is 5.82 Å². The summed E-state index contributed by atoms with van der Waals surface area (Å²) < 4.78 is 18.3. The number of hydrogen-bond donors (Lipinski definition) is 2. The van der Waals surface area contributed by atoms with Crippen LogP contribution in [0.1, 0.15) is 5.56 Å². The molecule has 0 saturated carbocycles. The van der Waals surface area contributed by atoms with Gasteiger partial charge in [0.05, 0.1) is 26.3 Å². The van der Waals surface area contributed by atoms with Crippen LogP contribution in [-0.2, 0) is 16.1 Å². The molecule has 0 aromatic heterocycles. The minimum atomic E-state index is -0.267. The van der Waals surface area contributed by atoms with Crippen molar-refractivity contribution in [2.75, 3.05) is 60.0 Å². The highest BCUT2D eigenvalue weighted by Crippen LogP contribution is 2.03. The van der Waals surface area contributed by atoms with Gasteiger partial charge in [-0.05, 0) is 17.7 Å². The van der Waals surface area contributed by atoms with E-state index in [9.17, 15) is 9.18 Å². The van der Waals surface area contributed by atoms with Gasteiger partial charge in [0.15, 0.2) is 5.96 Å². The van der Waals surface area contributed by atoms with Crippen molar-refractivity contribution in [1.82, 2.24) is 20.4 Å². The van der Waals surface area contributed by atoms with Crippen LogP contribution in [0.5, 0.6) is 0 Å². The van der Waals surface area contributed by atoms with Crippen LogP contribution in [0.25, 0.3) is 0 Å². The Kier molecular flexibility index (Phi) is 8.30. The zero-order valence-electron chi connectivity index (χ0n) is 15.5. The van der Waals surface area contributed by atoms with Gasteiger partial charge in [0.2, 0.25) is 5.91 Å². The van der Waals surface area contributed by atoms with Gasteiger partial charge >= 0.3 is 0 Å². The molecule has 7 nitrogen and oxygen atoms in total. The van der Waals surface area contributed by atoms with Crippen LogP contribution < -0.4 is 10.6 Å². The maximum absolute atomic E-state index is 13.0. The number of nitrogens with zero attached hydrogens (tertiary/aromatic N) is 3. The van der Waals surface area contributed by atoms with Gasteiger partial charge in [-0.25, -0.2) is 9.38 Å². The van der Waals surface area contributed by atoms with Crippen LogP contribution in [0.3, 0.4) is 0 Å². The van der Waals surface area contributed by atoms with Gasteiger partial charge < -0.3 is 20.3 Å². The fourth-order valence-electron chi connectivity index (χ4n) is 2.41. The molecule has 0 aliphatic carbocycles. The van der Waals surface area contributed by atoms with E-state index in [1.807, 2.05) is 0 Å². The number of likely N-dealkylation sites (N-methyl/N-ethyl adjacent to an activating group) is 1. The zero-order chi connectivity index (χ0) is 18.8. The number of carbonyl (C=O) groups is 1. The second-order valence-electron chi connectivity index (χ2n) is 6.31. The third kappa shape index (κ3) is 7.37. The summed E-state index contributed by atoms with van der Waals surface area (Å²) in [4.78, 5) is 20.1. The van der Waals surface area contributed by atoms with E-state index in [1.54, 1.807) is 26.2 Å². The molecule has 2 N–H and O–H groups in total. The Bertz CT molecular complexity index is 586. The highest BCUT2D eigenvalue weighted by Gasteiger charge is 2.10. The lowest BCUT2D eigenvalue weighted by atomic mass is 10.2. The Morgan fingerprint density at radius 2 is 1.92 bits per heavy atom. The van der Waals surface area contributed by atoms with Crippen LogP contribution in [0.4, 0.5) is 4.39 Å². The van der Waals surface area contributed by atoms with Crippen LogP contribution in [0, 0.1) is 5.82 Å². The molecule has 0 radical (unpaired) electrons. The molecule has 1 amide bonds. The molecule has 1 fully saturated rings. The second kappa shape index (κ2) is 10.7. The van der Waals surface area contributed by atoms with E-state index in [1.165, 1.54) is 17.0 Å². The van der Waals surface area contributed by atoms with E-state index in [2.05, 4.69) is 20.5 Å². The van der Waals surface area contributed by atoms with Gasteiger partial charge in [0.25, 0.3) is 0 Å². The Morgan fingerprint density at radius 3 is 2.58 bits per heavy atom. The molecule has 1 saturated heterocycles. The highest BCUT2D eigenvalue weighted by atomic mass is 19.1. The number of ether oxygens (including phenoxy) is 1. The minimum Gasteiger partial charge on any atom is -0.379 e. The summed E-state index contributed by atoms with van der Waals surface area (Å²) in [6, 6.07) is 6.24. The van der Waals surface area contributed by atoms with Gasteiger partial charge in [0, 0.05) is 40.3 Å². The number of hydrogen-bond acceptors (Lipinski definition) is 4. The third-order valence-corrected chi connectivity index (χ3v) is 4.06. The fraction of sp³-hybridized carbons (Fsp3) is 0.556. The average Bonchev–Trinajstić information content (AvgIpc) is 2.65. The lowest BCUT2D eigenvalue weighted by Crippen LogP contribution is -2.46. The third-order valence-electron chi connectivity index (χ3n) is 4.06. The van der Waals surface area contributed by atoms with E-state index < -0.39 is 0 Å². The smallest absolute Gasteiger partial charge is 0.241 e. The van der Waals surface area contributed by atoms with Crippen molar-refractivity contribution in [1.29, 1.82) is 0 Å². The molecule has 1 heterocycles. The van der Waals surface area contributed by atoms with Gasteiger partial charge in [-0.3, -0.25) is 9.69 Å². The molecule has 1 aliphatic heterocycles. The maximum Gasteiger partial charge on any atom is 0.241 e. The number of guanidine groups is 1. The van der Waals surface area contributed by atoms with Crippen molar-refractivity contribution in [3.63, 3.8) is 0 Å². The molecule has 0 bridgehead atoms. The Morgan fingerprint density at radius 1 is 1.23 bits per heavy atom. The van der Waals surface area contributed by atoms with E-state index in [0.29, 0.717) is 19.0 Å². The second-order valence-corrected chi connectivity index (χ2v) is 6.31. The van der Waals surface area contributed by atoms with Gasteiger partial charge in [-0.2, -0.15) is 0 Å². The van der Waals surface area contributed by atoms with Crippen LogP contribution >= 0.6 is 0 Å². The first-order valence-corrected chi connectivity index (χ1v) is 8.81. The monoisotopic (exact) mass is 365 g/mol. The van der Waals surface area contributed by atoms with Crippen molar-refractivity contribution in [3.05, 3.63) is 35.6 Å². The Labute approximate surface area is 154 Å². The Balaban J connectivity index is 1.87. The largest absolute Gasteiger partial charge is 0.379 e. The summed E-state index contributed by atoms with van der Waals surface area (Å²) in [6.07, 6.45) is 0. The summed E-state index contributed by atoms with van der Waals surface area (Å²) in [7, 11) is 3.43. The molecule has 8 heteroatoms. The van der Waals surface area contributed by atoms with Crippen molar-refractivity contribution in [3.8, 4) is 0 Å². The number of aliphatic imine (C=N–C) groups is 1. The summed E-state index contributed by atoms with van der Waals surface area (Å²) in [5.41, 5.74) is 0.902. The molecule has 0 unspecified atom stereocenters. The van der Waals surface area contributed by atoms with E-state index in [0.717, 1.165) is 38.4 Å². The molecular weight excluding hydrogens is 337 g/mol. The predicted octanol–water partition coefficient (Wildman–Crippen LogP) is 0.281. The predicted molar refractivity (Wildman–Crippen MR) is 99.5 cm³/mol. The number of carbonyl (C=O) groups excluding carboxylic acids is 1. The molecule has 1 aromatic carbocycles. The first kappa shape index (κ1) is 20.1. The number of halogens is 1. The van der Waals surface area contributed by atoms with Crippen LogP contribution in [0.2, 0.25) is 0 Å². The normalized spacial score (nSPS) is 15.6. The van der Waals surface area contributed by atoms with E-state index >= 15 is 0 Å². The molecule has 2 rings (SSSR count). The number of rotatable bonds is 7. The summed E-state index contributed by atoms with van der Waals surface area (Å²) in [5.74, 6) is 0.267. The molecule has 144 valence electrons. The molecule has 26 heavy (non-hydrogen) atoms. The maximum atomic E-state index is 13.0. The summed E-state index contributed by atoms with van der Waals surface area (Å²) in [5, 5.41) is 6.31. The zero-order valence-corrected chi connectivity index (χ0v) is 15.5. The standard InChI is InChI=1S/C18H28FN5O2/c1-23(2)17(25)14-22-18(20-7-8-24-9-11-26-12-10-24)21-13-15-3-5-16(19)6-4-15/h3-6H,7-14H2,1-2H3,(H2,20,21,22). The summed E-state index contributed by atoms with van der Waals surface area (Å²) >= 11 is 0. The number of amides is 1. The lowest BCUT2D eigenvalue weighted by Gasteiger charge is -2.26. The van der Waals surface area contributed by atoms with Gasteiger partial charge in [-0.1, -0.05) is 12.1 Å². The molecular formula is C18H28FN5O2. The summed E-state index contributed by atoms with van der Waals surface area (Å²) in [6.45, 7) is 5.55. The number of benzene rings is 1. The van der Waals surface area contributed by atoms with Crippen LogP contribution in [-0.4, -0.2) is 81.7 Å². The minimum absolute atomic E-state index is 0.0329. The number of morpholine rings is 1. The molecule has 1 aliphatic rings. The lowest BCUT2D eigenvalue weighted by molar-refractivity contribution is -0.127. The first-order valence-electron chi connectivity index (χ1n) is 8.81. The molecule has 0 atom stereocenters. The quantitative estimate of drug-likeness (QED) is 0.537. The number of nitrogens with one attached hydrogen (secondary N) is 2. The highest BCUT2D eigenvalue weighted by molar-refractivity contribution is 5.86.